The molecular formula is C27H28F2N4O. The summed E-state index contributed by atoms with van der Waals surface area (Å²) in [5.74, 6) is 0.333. The number of rotatable bonds is 4. The van der Waals surface area contributed by atoms with Gasteiger partial charge in [0.2, 0.25) is 0 Å². The molecule has 1 saturated heterocycles. The highest BCUT2D eigenvalue weighted by Crippen LogP contribution is 2.39. The van der Waals surface area contributed by atoms with Crippen LogP contribution in [0.2, 0.25) is 0 Å². The number of anilines is 1. The molecule has 7 heteroatoms. The van der Waals surface area contributed by atoms with Crippen LogP contribution >= 0.6 is 0 Å². The molecule has 1 aliphatic heterocycles. The van der Waals surface area contributed by atoms with E-state index in [0.29, 0.717) is 45.3 Å². The van der Waals surface area contributed by atoms with E-state index in [1.54, 1.807) is 18.3 Å². The maximum Gasteiger partial charge on any atom is 0.175 e. The Kier molecular flexibility index (Phi) is 5.80. The summed E-state index contributed by atoms with van der Waals surface area (Å²) in [4.78, 5) is 16.1. The zero-order chi connectivity index (χ0) is 24.0. The van der Waals surface area contributed by atoms with Crippen LogP contribution in [0, 0.1) is 11.6 Å². The molecule has 3 heterocycles. The van der Waals surface area contributed by atoms with Gasteiger partial charge in [-0.15, -0.1) is 0 Å². The second-order valence-electron chi connectivity index (χ2n) is 9.26. The van der Waals surface area contributed by atoms with Gasteiger partial charge in [0.1, 0.15) is 34.4 Å². The van der Waals surface area contributed by atoms with Crippen molar-refractivity contribution in [3.8, 4) is 17.0 Å². The largest absolute Gasteiger partial charge is 0.508 e. The van der Waals surface area contributed by atoms with Gasteiger partial charge in [-0.2, -0.15) is 0 Å². The third-order valence-corrected chi connectivity index (χ3v) is 6.61. The minimum atomic E-state index is -0.585. The lowest BCUT2D eigenvalue weighted by atomic mass is 9.94. The number of phenolic OH excluding ortho intramolecular Hbond substituents is 1. The SMILES string of the molecule is CCc1c(F)ccc2cc(O)cc(-c3ncc4c(N5CCCCC5)nc(C(C)C)nc4c3F)c12. The lowest BCUT2D eigenvalue weighted by Gasteiger charge is -2.29. The summed E-state index contributed by atoms with van der Waals surface area (Å²) in [6.07, 6.45) is 5.35. The molecule has 0 atom stereocenters. The highest BCUT2D eigenvalue weighted by molar-refractivity contribution is 6.01. The first-order chi connectivity index (χ1) is 16.4. The Morgan fingerprint density at radius 1 is 1.06 bits per heavy atom. The molecule has 2 aromatic heterocycles. The number of hydrogen-bond donors (Lipinski definition) is 1. The molecule has 34 heavy (non-hydrogen) atoms. The van der Waals surface area contributed by atoms with Gasteiger partial charge in [0.05, 0.1) is 5.39 Å². The first-order valence-electron chi connectivity index (χ1n) is 11.9. The quantitative estimate of drug-likeness (QED) is 0.375. The average Bonchev–Trinajstić information content (AvgIpc) is 2.84. The second-order valence-corrected chi connectivity index (χ2v) is 9.26. The first-order valence-corrected chi connectivity index (χ1v) is 11.9. The molecule has 0 radical (unpaired) electrons. The van der Waals surface area contributed by atoms with E-state index in [1.165, 1.54) is 18.6 Å². The smallest absolute Gasteiger partial charge is 0.175 e. The summed E-state index contributed by atoms with van der Waals surface area (Å²) < 4.78 is 30.9. The lowest BCUT2D eigenvalue weighted by molar-refractivity contribution is 0.476. The Balaban J connectivity index is 1.81. The van der Waals surface area contributed by atoms with Crippen LogP contribution < -0.4 is 4.90 Å². The van der Waals surface area contributed by atoms with Crippen molar-refractivity contribution in [2.45, 2.75) is 52.4 Å². The van der Waals surface area contributed by atoms with Crippen molar-refractivity contribution < 1.29 is 13.9 Å². The fraction of sp³-hybridized carbons (Fsp3) is 0.370. The summed E-state index contributed by atoms with van der Waals surface area (Å²) in [5.41, 5.74) is 1.07. The minimum Gasteiger partial charge on any atom is -0.508 e. The number of nitrogens with zero attached hydrogens (tertiary/aromatic N) is 4. The first kappa shape index (κ1) is 22.4. The Morgan fingerprint density at radius 3 is 2.53 bits per heavy atom. The van der Waals surface area contributed by atoms with Gasteiger partial charge in [0.15, 0.2) is 5.82 Å². The Bertz CT molecular complexity index is 1400. The number of fused-ring (bicyclic) bond motifs is 2. The van der Waals surface area contributed by atoms with Crippen LogP contribution in [-0.2, 0) is 6.42 Å². The van der Waals surface area contributed by atoms with Crippen molar-refractivity contribution in [3.05, 3.63) is 53.5 Å². The topological polar surface area (TPSA) is 62.1 Å². The average molecular weight is 463 g/mol. The maximum atomic E-state index is 16.2. The van der Waals surface area contributed by atoms with Crippen molar-refractivity contribution in [2.24, 2.45) is 0 Å². The number of phenols is 1. The monoisotopic (exact) mass is 462 g/mol. The molecule has 4 aromatic rings. The van der Waals surface area contributed by atoms with E-state index >= 15 is 4.39 Å². The van der Waals surface area contributed by atoms with E-state index in [2.05, 4.69) is 14.9 Å². The van der Waals surface area contributed by atoms with Crippen molar-refractivity contribution in [1.29, 1.82) is 0 Å². The molecule has 2 aromatic carbocycles. The third kappa shape index (κ3) is 3.73. The number of aryl methyl sites for hydroxylation is 1. The van der Waals surface area contributed by atoms with Crippen LogP contribution in [0.25, 0.3) is 32.9 Å². The molecule has 0 bridgehead atoms. The van der Waals surface area contributed by atoms with E-state index < -0.39 is 5.82 Å². The Morgan fingerprint density at radius 2 is 1.82 bits per heavy atom. The minimum absolute atomic E-state index is 0.0198. The van der Waals surface area contributed by atoms with E-state index in [0.717, 1.165) is 25.9 Å². The standard InChI is InChI=1S/C27H28F2N4O/c1-4-18-21(28)9-8-16-12-17(34)13-19(22(16)18)24-23(29)25-20(14-30-24)27(32-26(31-25)15(2)3)33-10-6-5-7-11-33/h8-9,12-15,34H,4-7,10-11H2,1-3H3. The van der Waals surface area contributed by atoms with Gasteiger partial charge in [-0.25, -0.2) is 18.7 Å². The van der Waals surface area contributed by atoms with Crippen molar-refractivity contribution in [2.75, 3.05) is 18.0 Å². The van der Waals surface area contributed by atoms with Crippen molar-refractivity contribution in [1.82, 2.24) is 15.0 Å². The van der Waals surface area contributed by atoms with Crippen LogP contribution in [0.3, 0.4) is 0 Å². The molecule has 1 aliphatic rings. The van der Waals surface area contributed by atoms with Gasteiger partial charge in [-0.3, -0.25) is 4.98 Å². The molecule has 0 saturated carbocycles. The van der Waals surface area contributed by atoms with Gasteiger partial charge >= 0.3 is 0 Å². The van der Waals surface area contributed by atoms with Crippen LogP contribution in [0.5, 0.6) is 5.75 Å². The van der Waals surface area contributed by atoms with Crippen molar-refractivity contribution >= 4 is 27.5 Å². The molecule has 0 unspecified atom stereocenters. The highest BCUT2D eigenvalue weighted by Gasteiger charge is 2.24. The fourth-order valence-electron chi connectivity index (χ4n) is 4.88. The predicted octanol–water partition coefficient (Wildman–Crippen LogP) is 6.50. The molecule has 5 rings (SSSR count). The maximum absolute atomic E-state index is 16.2. The zero-order valence-electron chi connectivity index (χ0n) is 19.7. The number of benzene rings is 2. The molecule has 1 N–H and O–H groups in total. The van der Waals surface area contributed by atoms with E-state index in [9.17, 15) is 9.50 Å². The number of piperidine rings is 1. The normalized spacial score (nSPS) is 14.5. The van der Waals surface area contributed by atoms with Gasteiger partial charge in [-0.05, 0) is 60.2 Å². The molecule has 5 nitrogen and oxygen atoms in total. The zero-order valence-corrected chi connectivity index (χ0v) is 19.7. The fourth-order valence-corrected chi connectivity index (χ4v) is 4.88. The van der Waals surface area contributed by atoms with Gasteiger partial charge < -0.3 is 10.0 Å². The molecular weight excluding hydrogens is 434 g/mol. The summed E-state index contributed by atoms with van der Waals surface area (Å²) >= 11 is 0. The van der Waals surface area contributed by atoms with Crippen LogP contribution in [0.1, 0.15) is 57.3 Å². The molecule has 176 valence electrons. The van der Waals surface area contributed by atoms with Gasteiger partial charge in [0.25, 0.3) is 0 Å². The number of aromatic hydroxyl groups is 1. The van der Waals surface area contributed by atoms with E-state index in [-0.39, 0.29) is 28.7 Å². The highest BCUT2D eigenvalue weighted by atomic mass is 19.1. The van der Waals surface area contributed by atoms with E-state index in [1.807, 2.05) is 20.8 Å². The van der Waals surface area contributed by atoms with Crippen LogP contribution in [0.15, 0.2) is 30.5 Å². The number of hydrogen-bond acceptors (Lipinski definition) is 5. The van der Waals surface area contributed by atoms with Gasteiger partial charge in [-0.1, -0.05) is 26.8 Å². The summed E-state index contributed by atoms with van der Waals surface area (Å²) in [6, 6.07) is 5.99. The summed E-state index contributed by atoms with van der Waals surface area (Å²) in [5, 5.41) is 12.1. The summed E-state index contributed by atoms with van der Waals surface area (Å²) in [7, 11) is 0. The lowest BCUT2D eigenvalue weighted by Crippen LogP contribution is -2.31. The number of pyridine rings is 1. The predicted molar refractivity (Wildman–Crippen MR) is 131 cm³/mol. The number of halogens is 2. The second kappa shape index (κ2) is 8.78. The molecule has 0 amide bonds. The van der Waals surface area contributed by atoms with Crippen LogP contribution in [0.4, 0.5) is 14.6 Å². The summed E-state index contributed by atoms with van der Waals surface area (Å²) in [6.45, 7) is 7.55. The van der Waals surface area contributed by atoms with Crippen molar-refractivity contribution in [3.63, 3.8) is 0 Å². The molecule has 1 fully saturated rings. The molecule has 0 spiro atoms. The Labute approximate surface area is 197 Å². The van der Waals surface area contributed by atoms with Crippen LogP contribution in [-0.4, -0.2) is 33.1 Å². The third-order valence-electron chi connectivity index (χ3n) is 6.61. The number of aromatic nitrogens is 3. The van der Waals surface area contributed by atoms with Gasteiger partial charge in [0, 0.05) is 30.8 Å². The van der Waals surface area contributed by atoms with E-state index in [4.69, 9.17) is 4.98 Å². The molecule has 0 aliphatic carbocycles. The Hall–Kier alpha value is -3.35.